The number of para-hydroxylation sites is 2. The molecule has 20 heavy (non-hydrogen) atoms. The van der Waals surface area contributed by atoms with Crippen LogP contribution in [0.2, 0.25) is 0 Å². The maximum Gasteiger partial charge on any atom is 0.145 e. The maximum absolute atomic E-state index is 13.3. The molecule has 3 rings (SSSR count). The smallest absolute Gasteiger partial charge is 0.145 e. The Bertz CT molecular complexity index is 770. The second-order valence-electron chi connectivity index (χ2n) is 4.30. The molecule has 1 aromatic heterocycles. The highest BCUT2D eigenvalue weighted by Gasteiger charge is 2.15. The molecule has 0 unspecified atom stereocenters. The number of hydrogen-bond acceptors (Lipinski definition) is 2. The fourth-order valence-electron chi connectivity index (χ4n) is 2.27. The number of ether oxygens (including phenoxy) is 1. The topological polar surface area (TPSA) is 27.1 Å². The van der Waals surface area contributed by atoms with Gasteiger partial charge >= 0.3 is 0 Å². The number of hydrogen-bond donors (Lipinski definition) is 0. The van der Waals surface area contributed by atoms with Crippen LogP contribution in [-0.2, 0) is 5.88 Å². The molecule has 0 radical (unpaired) electrons. The van der Waals surface area contributed by atoms with Gasteiger partial charge in [-0.1, -0.05) is 12.1 Å². The molecule has 102 valence electrons. The number of halogens is 2. The highest BCUT2D eigenvalue weighted by atomic mass is 35.5. The molecule has 0 atom stereocenters. The van der Waals surface area contributed by atoms with Crippen molar-refractivity contribution in [2.45, 2.75) is 5.88 Å². The number of methoxy groups -OCH3 is 1. The maximum atomic E-state index is 13.3. The first-order chi connectivity index (χ1) is 9.74. The minimum atomic E-state index is -0.345. The van der Waals surface area contributed by atoms with Gasteiger partial charge in [-0.2, -0.15) is 0 Å². The van der Waals surface area contributed by atoms with Gasteiger partial charge < -0.3 is 4.74 Å². The lowest BCUT2D eigenvalue weighted by Gasteiger charge is -2.12. The van der Waals surface area contributed by atoms with E-state index in [4.69, 9.17) is 16.3 Å². The molecule has 2 aromatic carbocycles. The van der Waals surface area contributed by atoms with Gasteiger partial charge in [0.2, 0.25) is 0 Å². The van der Waals surface area contributed by atoms with Crippen LogP contribution in [0.15, 0.2) is 42.5 Å². The molecule has 1 heterocycles. The Morgan fingerprint density at radius 2 is 2.05 bits per heavy atom. The zero-order valence-electron chi connectivity index (χ0n) is 10.8. The van der Waals surface area contributed by atoms with Crippen molar-refractivity contribution in [2.75, 3.05) is 7.11 Å². The van der Waals surface area contributed by atoms with Crippen molar-refractivity contribution in [2.24, 2.45) is 0 Å². The second kappa shape index (κ2) is 5.13. The van der Waals surface area contributed by atoms with Crippen molar-refractivity contribution in [3.63, 3.8) is 0 Å². The third kappa shape index (κ3) is 2.02. The van der Waals surface area contributed by atoms with Crippen LogP contribution in [0.3, 0.4) is 0 Å². The van der Waals surface area contributed by atoms with Crippen molar-refractivity contribution < 1.29 is 9.13 Å². The van der Waals surface area contributed by atoms with Crippen LogP contribution in [-0.4, -0.2) is 16.7 Å². The number of alkyl halides is 1. The van der Waals surface area contributed by atoms with E-state index in [1.807, 2.05) is 28.8 Å². The Kier molecular flexibility index (Phi) is 3.32. The third-order valence-corrected chi connectivity index (χ3v) is 3.37. The van der Waals surface area contributed by atoms with E-state index in [1.165, 1.54) is 19.2 Å². The van der Waals surface area contributed by atoms with E-state index < -0.39 is 0 Å². The van der Waals surface area contributed by atoms with Gasteiger partial charge in [0.15, 0.2) is 0 Å². The molecule has 0 aliphatic heterocycles. The van der Waals surface area contributed by atoms with Crippen LogP contribution in [0.25, 0.3) is 16.7 Å². The Balaban J connectivity index is 2.33. The van der Waals surface area contributed by atoms with E-state index >= 15 is 0 Å². The van der Waals surface area contributed by atoms with E-state index in [1.54, 1.807) is 6.07 Å². The summed E-state index contributed by atoms with van der Waals surface area (Å²) in [5.74, 6) is 1.05. The number of imidazole rings is 1. The zero-order valence-corrected chi connectivity index (χ0v) is 11.6. The minimum absolute atomic E-state index is 0.259. The quantitative estimate of drug-likeness (QED) is 0.684. The number of aromatic nitrogens is 2. The first-order valence-electron chi connectivity index (χ1n) is 6.11. The first kappa shape index (κ1) is 12.9. The van der Waals surface area contributed by atoms with Crippen LogP contribution in [0.4, 0.5) is 4.39 Å². The van der Waals surface area contributed by atoms with Crippen molar-refractivity contribution in [3.8, 4) is 11.4 Å². The summed E-state index contributed by atoms with van der Waals surface area (Å²) in [4.78, 5) is 4.49. The molecule has 0 aliphatic carbocycles. The molecule has 3 nitrogen and oxygen atoms in total. The van der Waals surface area contributed by atoms with E-state index in [9.17, 15) is 4.39 Å². The van der Waals surface area contributed by atoms with Crippen molar-refractivity contribution >= 4 is 22.6 Å². The molecule has 0 amide bonds. The van der Waals surface area contributed by atoms with Crippen LogP contribution in [0.1, 0.15) is 5.82 Å². The molecular weight excluding hydrogens is 279 g/mol. The largest absolute Gasteiger partial charge is 0.494 e. The summed E-state index contributed by atoms with van der Waals surface area (Å²) >= 11 is 5.98. The van der Waals surface area contributed by atoms with Gasteiger partial charge in [-0.25, -0.2) is 9.37 Å². The monoisotopic (exact) mass is 290 g/mol. The normalized spacial score (nSPS) is 10.9. The van der Waals surface area contributed by atoms with Crippen LogP contribution < -0.4 is 4.74 Å². The summed E-state index contributed by atoms with van der Waals surface area (Å²) in [5, 5.41) is 0. The summed E-state index contributed by atoms with van der Waals surface area (Å²) in [6.45, 7) is 0. The lowest BCUT2D eigenvalue weighted by Crippen LogP contribution is -2.02. The predicted molar refractivity (Wildman–Crippen MR) is 77.1 cm³/mol. The molecule has 0 aliphatic rings. The molecule has 0 N–H and O–H groups in total. The lowest BCUT2D eigenvalue weighted by atomic mass is 10.2. The Labute approximate surface area is 120 Å². The lowest BCUT2D eigenvalue weighted by molar-refractivity contribution is 0.409. The van der Waals surface area contributed by atoms with E-state index in [0.29, 0.717) is 11.6 Å². The Morgan fingerprint density at radius 3 is 2.80 bits per heavy atom. The van der Waals surface area contributed by atoms with Gasteiger partial charge in [0.05, 0.1) is 29.7 Å². The summed E-state index contributed by atoms with van der Waals surface area (Å²) in [6, 6.07) is 12.1. The molecule has 5 heteroatoms. The van der Waals surface area contributed by atoms with Crippen LogP contribution >= 0.6 is 11.6 Å². The predicted octanol–water partition coefficient (Wildman–Crippen LogP) is 3.91. The van der Waals surface area contributed by atoms with E-state index in [-0.39, 0.29) is 11.7 Å². The van der Waals surface area contributed by atoms with E-state index in [0.717, 1.165) is 16.7 Å². The summed E-state index contributed by atoms with van der Waals surface area (Å²) < 4.78 is 20.5. The van der Waals surface area contributed by atoms with Crippen LogP contribution in [0, 0.1) is 5.82 Å². The average Bonchev–Trinajstić information content (AvgIpc) is 2.85. The number of fused-ring (bicyclic) bond motifs is 1. The number of rotatable bonds is 3. The SMILES string of the molecule is COc1cc(F)ccc1-n1c(CCl)nc2ccccc21. The average molecular weight is 291 g/mol. The molecule has 0 bridgehead atoms. The fraction of sp³-hybridized carbons (Fsp3) is 0.133. The Hall–Kier alpha value is -2.07. The van der Waals surface area contributed by atoms with Gasteiger partial charge in [0, 0.05) is 6.07 Å². The first-order valence-corrected chi connectivity index (χ1v) is 6.64. The summed E-state index contributed by atoms with van der Waals surface area (Å²) in [7, 11) is 1.51. The molecule has 3 aromatic rings. The van der Waals surface area contributed by atoms with Crippen molar-refractivity contribution in [1.82, 2.24) is 9.55 Å². The second-order valence-corrected chi connectivity index (χ2v) is 4.57. The third-order valence-electron chi connectivity index (χ3n) is 3.13. The van der Waals surface area contributed by atoms with Gasteiger partial charge in [-0.3, -0.25) is 4.57 Å². The highest BCUT2D eigenvalue weighted by Crippen LogP contribution is 2.29. The van der Waals surface area contributed by atoms with Gasteiger partial charge in [-0.15, -0.1) is 11.6 Å². The van der Waals surface area contributed by atoms with Gasteiger partial charge in [0.25, 0.3) is 0 Å². The minimum Gasteiger partial charge on any atom is -0.494 e. The summed E-state index contributed by atoms with van der Waals surface area (Å²) in [6.07, 6.45) is 0. The van der Waals surface area contributed by atoms with Crippen molar-refractivity contribution in [3.05, 3.63) is 54.1 Å². The fourth-order valence-corrected chi connectivity index (χ4v) is 2.45. The molecule has 0 saturated carbocycles. The van der Waals surface area contributed by atoms with E-state index in [2.05, 4.69) is 4.98 Å². The standard InChI is InChI=1S/C15H12ClFN2O/c1-20-14-8-10(17)6-7-13(14)19-12-5-3-2-4-11(12)18-15(19)9-16/h2-8H,9H2,1H3. The molecular formula is C15H12ClFN2O. The Morgan fingerprint density at radius 1 is 1.25 bits per heavy atom. The zero-order chi connectivity index (χ0) is 14.1. The summed E-state index contributed by atoms with van der Waals surface area (Å²) in [5.41, 5.74) is 2.47. The number of benzene rings is 2. The molecule has 0 saturated heterocycles. The molecule has 0 spiro atoms. The number of nitrogens with zero attached hydrogens (tertiary/aromatic N) is 2. The highest BCUT2D eigenvalue weighted by molar-refractivity contribution is 6.17. The van der Waals surface area contributed by atoms with Gasteiger partial charge in [0.1, 0.15) is 17.4 Å². The van der Waals surface area contributed by atoms with Crippen molar-refractivity contribution in [1.29, 1.82) is 0 Å². The van der Waals surface area contributed by atoms with Gasteiger partial charge in [-0.05, 0) is 24.3 Å². The van der Waals surface area contributed by atoms with Crippen LogP contribution in [0.5, 0.6) is 5.75 Å². The molecule has 0 fully saturated rings.